The molecule has 1 aromatic rings. The van der Waals surface area contributed by atoms with Crippen molar-refractivity contribution in [3.63, 3.8) is 0 Å². The van der Waals surface area contributed by atoms with Crippen LogP contribution in [0.4, 0.5) is 0 Å². The van der Waals surface area contributed by atoms with Crippen LogP contribution in [0.25, 0.3) is 0 Å². The smallest absolute Gasteiger partial charge is 0.275 e. The van der Waals surface area contributed by atoms with Crippen LogP contribution in [0.2, 0.25) is 0 Å². The molecule has 0 saturated carbocycles. The third kappa shape index (κ3) is 2.54. The minimum atomic E-state index is -0.182. The summed E-state index contributed by atoms with van der Waals surface area (Å²) >= 11 is 0. The van der Waals surface area contributed by atoms with Crippen LogP contribution < -0.4 is 0 Å². The number of aromatic amines is 1. The summed E-state index contributed by atoms with van der Waals surface area (Å²) in [5.74, 6) is 0.0388. The fourth-order valence-electron chi connectivity index (χ4n) is 3.75. The van der Waals surface area contributed by atoms with Crippen molar-refractivity contribution in [2.24, 2.45) is 0 Å². The van der Waals surface area contributed by atoms with E-state index in [2.05, 4.69) is 36.0 Å². The molecule has 2 aliphatic heterocycles. The third-order valence-electron chi connectivity index (χ3n) is 4.77. The van der Waals surface area contributed by atoms with Crippen molar-refractivity contribution in [3.05, 3.63) is 17.0 Å². The Bertz CT molecular complexity index is 581. The van der Waals surface area contributed by atoms with E-state index in [-0.39, 0.29) is 23.7 Å². The first kappa shape index (κ1) is 15.5. The normalized spacial score (nSPS) is 28.5. The first-order valence-electron chi connectivity index (χ1n) is 8.02. The second-order valence-electron chi connectivity index (χ2n) is 7.26. The predicted molar refractivity (Wildman–Crippen MR) is 83.9 cm³/mol. The van der Waals surface area contributed by atoms with E-state index in [1.807, 2.05) is 18.7 Å². The fraction of sp³-hybridized carbons (Fsp3) is 0.750. The Morgan fingerprint density at radius 3 is 2.77 bits per heavy atom. The van der Waals surface area contributed by atoms with Crippen molar-refractivity contribution in [1.82, 2.24) is 20.0 Å². The van der Waals surface area contributed by atoms with Crippen molar-refractivity contribution >= 4 is 5.91 Å². The predicted octanol–water partition coefficient (Wildman–Crippen LogP) is 1.60. The minimum absolute atomic E-state index is 0.0340. The van der Waals surface area contributed by atoms with Crippen LogP contribution in [-0.2, 0) is 11.2 Å². The molecular formula is C16H26N4O2. The van der Waals surface area contributed by atoms with Crippen LogP contribution in [0.5, 0.6) is 0 Å². The van der Waals surface area contributed by atoms with E-state index in [9.17, 15) is 4.79 Å². The summed E-state index contributed by atoms with van der Waals surface area (Å²) in [6.45, 7) is 10.8. The van der Waals surface area contributed by atoms with Crippen LogP contribution in [0.1, 0.15) is 55.5 Å². The molecule has 1 amide bonds. The number of nitrogens with one attached hydrogen (secondary N) is 1. The lowest BCUT2D eigenvalue weighted by atomic mass is 9.95. The Balaban J connectivity index is 1.90. The molecule has 6 heteroatoms. The van der Waals surface area contributed by atoms with E-state index in [0.29, 0.717) is 5.69 Å². The van der Waals surface area contributed by atoms with Gasteiger partial charge in [0.05, 0.1) is 23.4 Å². The first-order chi connectivity index (χ1) is 10.3. The van der Waals surface area contributed by atoms with Gasteiger partial charge in [-0.05, 0) is 34.7 Å². The zero-order valence-electron chi connectivity index (χ0n) is 14.1. The van der Waals surface area contributed by atoms with Gasteiger partial charge in [0, 0.05) is 31.6 Å². The number of H-pyrrole nitrogens is 1. The van der Waals surface area contributed by atoms with Gasteiger partial charge in [0.25, 0.3) is 5.91 Å². The molecule has 2 atom stereocenters. The number of hydrogen-bond donors (Lipinski definition) is 1. The zero-order chi connectivity index (χ0) is 16.1. The molecule has 1 N–H and O–H groups in total. The van der Waals surface area contributed by atoms with Gasteiger partial charge in [0.15, 0.2) is 5.69 Å². The molecule has 1 fully saturated rings. The molecule has 122 valence electrons. The van der Waals surface area contributed by atoms with Crippen LogP contribution in [0.15, 0.2) is 0 Å². The van der Waals surface area contributed by atoms with E-state index in [0.717, 1.165) is 37.3 Å². The van der Waals surface area contributed by atoms with Gasteiger partial charge in [-0.15, -0.1) is 0 Å². The lowest BCUT2D eigenvalue weighted by molar-refractivity contribution is -0.00719. The highest BCUT2D eigenvalue weighted by Gasteiger charge is 2.39. The molecule has 0 aromatic carbocycles. The number of nitrogens with zero attached hydrogens (tertiary/aromatic N) is 3. The molecule has 0 radical (unpaired) electrons. The molecule has 2 aliphatic rings. The molecule has 0 aliphatic carbocycles. The van der Waals surface area contributed by atoms with Gasteiger partial charge in [-0.1, -0.05) is 0 Å². The van der Waals surface area contributed by atoms with E-state index in [1.54, 1.807) is 0 Å². The molecular weight excluding hydrogens is 280 g/mol. The highest BCUT2D eigenvalue weighted by Crippen LogP contribution is 2.32. The number of fused-ring (bicyclic) bond motifs is 1. The van der Waals surface area contributed by atoms with E-state index in [1.165, 1.54) is 0 Å². The second-order valence-corrected chi connectivity index (χ2v) is 7.26. The molecule has 22 heavy (non-hydrogen) atoms. The summed E-state index contributed by atoms with van der Waals surface area (Å²) in [4.78, 5) is 17.3. The molecule has 0 spiro atoms. The standard InChI is InChI=1S/C16H26N4O2/c1-10-8-12-13(11(2)22-10)17-18-14(12)15(21)20-7-6-19(5)9-16(20,3)4/h10-11H,6-9H2,1-5H3,(H,17,18)/t10-,11+/m1/s1. The number of piperazine rings is 1. The third-order valence-corrected chi connectivity index (χ3v) is 4.77. The van der Waals surface area contributed by atoms with Gasteiger partial charge < -0.3 is 14.5 Å². The Hall–Kier alpha value is -1.40. The van der Waals surface area contributed by atoms with Gasteiger partial charge in [-0.2, -0.15) is 5.10 Å². The number of ether oxygens (including phenoxy) is 1. The monoisotopic (exact) mass is 306 g/mol. The summed E-state index contributed by atoms with van der Waals surface area (Å²) < 4.78 is 5.80. The molecule has 0 unspecified atom stereocenters. The van der Waals surface area contributed by atoms with Gasteiger partial charge in [0.1, 0.15) is 0 Å². The van der Waals surface area contributed by atoms with Crippen molar-refractivity contribution in [1.29, 1.82) is 0 Å². The molecule has 6 nitrogen and oxygen atoms in total. The number of carbonyl (C=O) groups is 1. The zero-order valence-corrected chi connectivity index (χ0v) is 14.1. The van der Waals surface area contributed by atoms with E-state index >= 15 is 0 Å². The SMILES string of the molecule is C[C@@H]1Cc2c(C(=O)N3CCN(C)CC3(C)C)n[nH]c2[C@H](C)O1. The molecule has 1 aromatic heterocycles. The van der Waals surface area contributed by atoms with Crippen LogP contribution in [-0.4, -0.2) is 64.2 Å². The Kier molecular flexibility index (Phi) is 3.77. The molecule has 3 rings (SSSR count). The first-order valence-corrected chi connectivity index (χ1v) is 8.02. The molecule has 0 bridgehead atoms. The number of amides is 1. The maximum Gasteiger partial charge on any atom is 0.275 e. The van der Waals surface area contributed by atoms with Gasteiger partial charge in [-0.25, -0.2) is 0 Å². The summed E-state index contributed by atoms with van der Waals surface area (Å²) in [5.41, 5.74) is 2.38. The number of hydrogen-bond acceptors (Lipinski definition) is 4. The van der Waals surface area contributed by atoms with Crippen LogP contribution in [0, 0.1) is 0 Å². The Labute approximate surface area is 131 Å². The summed E-state index contributed by atoms with van der Waals surface area (Å²) in [5, 5.41) is 7.35. The van der Waals surface area contributed by atoms with E-state index in [4.69, 9.17) is 4.74 Å². The maximum atomic E-state index is 13.1. The Morgan fingerprint density at radius 2 is 2.09 bits per heavy atom. The lowest BCUT2D eigenvalue weighted by Crippen LogP contribution is -2.60. The average molecular weight is 306 g/mol. The van der Waals surface area contributed by atoms with Gasteiger partial charge in [-0.3, -0.25) is 9.89 Å². The fourth-order valence-corrected chi connectivity index (χ4v) is 3.75. The van der Waals surface area contributed by atoms with Crippen molar-refractivity contribution in [3.8, 4) is 0 Å². The van der Waals surface area contributed by atoms with Crippen molar-refractivity contribution < 1.29 is 9.53 Å². The van der Waals surface area contributed by atoms with Crippen LogP contribution in [0.3, 0.4) is 0 Å². The van der Waals surface area contributed by atoms with Crippen molar-refractivity contribution in [2.45, 2.75) is 51.9 Å². The van der Waals surface area contributed by atoms with Gasteiger partial charge >= 0.3 is 0 Å². The largest absolute Gasteiger partial charge is 0.369 e. The summed E-state index contributed by atoms with van der Waals surface area (Å²) in [6.07, 6.45) is 0.825. The number of carbonyl (C=O) groups excluding carboxylic acids is 1. The van der Waals surface area contributed by atoms with Crippen LogP contribution >= 0.6 is 0 Å². The number of rotatable bonds is 1. The summed E-state index contributed by atoms with van der Waals surface area (Å²) in [7, 11) is 2.10. The Morgan fingerprint density at radius 1 is 1.36 bits per heavy atom. The average Bonchev–Trinajstić information content (AvgIpc) is 2.80. The highest BCUT2D eigenvalue weighted by molar-refractivity contribution is 5.94. The number of aromatic nitrogens is 2. The minimum Gasteiger partial charge on any atom is -0.369 e. The maximum absolute atomic E-state index is 13.1. The summed E-state index contributed by atoms with van der Waals surface area (Å²) in [6, 6.07) is 0. The van der Waals surface area contributed by atoms with E-state index < -0.39 is 0 Å². The van der Waals surface area contributed by atoms with Crippen molar-refractivity contribution in [2.75, 3.05) is 26.7 Å². The molecule has 1 saturated heterocycles. The topological polar surface area (TPSA) is 61.5 Å². The van der Waals surface area contributed by atoms with Gasteiger partial charge in [0.2, 0.25) is 0 Å². The quantitative estimate of drug-likeness (QED) is 0.856. The second kappa shape index (κ2) is 5.35. The molecule has 3 heterocycles. The lowest BCUT2D eigenvalue weighted by Gasteiger charge is -2.46. The number of likely N-dealkylation sites (N-methyl/N-ethyl adjacent to an activating group) is 1. The highest BCUT2D eigenvalue weighted by atomic mass is 16.5.